The lowest BCUT2D eigenvalue weighted by Gasteiger charge is -2.31. The Morgan fingerprint density at radius 2 is 1.79 bits per heavy atom. The number of carbonyl (C=O) groups excluding carboxylic acids is 1. The average molecular weight is 544 g/mol. The summed E-state index contributed by atoms with van der Waals surface area (Å²) in [5, 5.41) is 16.2. The summed E-state index contributed by atoms with van der Waals surface area (Å²) in [5.74, 6) is 0.952. The molecule has 0 radical (unpaired) electrons. The number of hydrogen-bond acceptors (Lipinski definition) is 8. The molecule has 1 saturated carbocycles. The molecule has 2 fully saturated rings. The van der Waals surface area contributed by atoms with E-state index in [-0.39, 0.29) is 17.8 Å². The molecule has 2 aliphatic rings. The van der Waals surface area contributed by atoms with Gasteiger partial charge >= 0.3 is 0 Å². The van der Waals surface area contributed by atoms with Gasteiger partial charge in [0.25, 0.3) is 12.3 Å². The zero-order valence-electron chi connectivity index (χ0n) is 22.2. The van der Waals surface area contributed by atoms with Crippen molar-refractivity contribution in [3.05, 3.63) is 36.2 Å². The molecular weight excluding hydrogens is 508 g/mol. The van der Waals surface area contributed by atoms with Crippen LogP contribution < -0.4 is 15.5 Å². The van der Waals surface area contributed by atoms with Crippen LogP contribution in [-0.2, 0) is 9.53 Å². The van der Waals surface area contributed by atoms with Gasteiger partial charge in [0.2, 0.25) is 5.95 Å². The number of nitrogens with zero attached hydrogens (tertiary/aromatic N) is 5. The summed E-state index contributed by atoms with van der Waals surface area (Å²) in [7, 11) is 0. The Morgan fingerprint density at radius 1 is 1.10 bits per heavy atom. The van der Waals surface area contributed by atoms with Crippen molar-refractivity contribution in [3.63, 3.8) is 0 Å². The number of aromatic nitrogens is 4. The van der Waals surface area contributed by atoms with Gasteiger partial charge in [-0.15, -0.1) is 0 Å². The molecule has 0 spiro atoms. The highest BCUT2D eigenvalue weighted by Gasteiger charge is 2.29. The van der Waals surface area contributed by atoms with Crippen molar-refractivity contribution in [1.29, 1.82) is 0 Å². The molecule has 3 heterocycles. The highest BCUT2D eigenvalue weighted by atomic mass is 19.3. The Balaban J connectivity index is 1.36. The summed E-state index contributed by atoms with van der Waals surface area (Å²) >= 11 is 0. The smallest absolute Gasteiger partial charge is 0.296 e. The number of halogens is 2. The van der Waals surface area contributed by atoms with Gasteiger partial charge in [-0.3, -0.25) is 9.36 Å². The first-order valence-electron chi connectivity index (χ1n) is 13.4. The fourth-order valence-electron chi connectivity index (χ4n) is 5.11. The first-order valence-corrected chi connectivity index (χ1v) is 13.4. The third-order valence-corrected chi connectivity index (χ3v) is 7.33. The number of fused-ring (bicyclic) bond motifs is 1. The zero-order valence-corrected chi connectivity index (χ0v) is 22.2. The fraction of sp³-hybridized carbons (Fsp3) is 0.556. The van der Waals surface area contributed by atoms with Crippen LogP contribution in [-0.4, -0.2) is 75.0 Å². The molecule has 5 rings (SSSR count). The van der Waals surface area contributed by atoms with E-state index in [4.69, 9.17) is 9.72 Å². The number of ether oxygens (including phenoxy) is 1. The molecule has 12 heteroatoms. The summed E-state index contributed by atoms with van der Waals surface area (Å²) in [6.45, 7) is 5.98. The van der Waals surface area contributed by atoms with Crippen LogP contribution in [0.15, 0.2) is 30.3 Å². The molecule has 0 unspecified atom stereocenters. The molecule has 1 aliphatic heterocycles. The molecule has 39 heavy (non-hydrogen) atoms. The van der Waals surface area contributed by atoms with E-state index in [1.165, 1.54) is 18.4 Å². The molecule has 2 aromatic heterocycles. The Labute approximate surface area is 225 Å². The minimum absolute atomic E-state index is 0.0370. The summed E-state index contributed by atoms with van der Waals surface area (Å²) in [5.41, 5.74) is -0.372. The summed E-state index contributed by atoms with van der Waals surface area (Å²) in [4.78, 5) is 27.7. The van der Waals surface area contributed by atoms with Crippen LogP contribution >= 0.6 is 0 Å². The van der Waals surface area contributed by atoms with Crippen molar-refractivity contribution in [2.45, 2.75) is 57.6 Å². The number of para-hydroxylation sites is 2. The quantitative estimate of drug-likeness (QED) is 0.396. The topological polar surface area (TPSA) is 117 Å². The van der Waals surface area contributed by atoms with Gasteiger partial charge in [0.1, 0.15) is 17.2 Å². The largest absolute Gasteiger partial charge is 0.381 e. The van der Waals surface area contributed by atoms with Crippen LogP contribution in [0.2, 0.25) is 0 Å². The molecule has 10 nitrogen and oxygen atoms in total. The molecule has 1 aromatic carbocycles. The SMILES string of the molecule is CC(C)(O)C(=O)NC1CCC(CNc2nc(N3CCOCC3)cc(-n3c(C(F)F)nc4ccccc43)n2)CC1. The van der Waals surface area contributed by atoms with Crippen molar-refractivity contribution >= 4 is 28.7 Å². The Bertz CT molecular complexity index is 1300. The predicted octanol–water partition coefficient (Wildman–Crippen LogP) is 3.45. The van der Waals surface area contributed by atoms with Crippen LogP contribution in [0.4, 0.5) is 20.5 Å². The minimum atomic E-state index is -2.78. The number of carbonyl (C=O) groups is 1. The van der Waals surface area contributed by atoms with E-state index in [9.17, 15) is 18.7 Å². The molecule has 1 amide bonds. The van der Waals surface area contributed by atoms with E-state index in [0.29, 0.717) is 67.4 Å². The van der Waals surface area contributed by atoms with Gasteiger partial charge in [0.05, 0.1) is 24.2 Å². The van der Waals surface area contributed by atoms with E-state index in [1.54, 1.807) is 30.3 Å². The van der Waals surface area contributed by atoms with Gasteiger partial charge in [-0.2, -0.15) is 9.97 Å². The van der Waals surface area contributed by atoms with Gasteiger partial charge in [0.15, 0.2) is 5.82 Å². The third-order valence-electron chi connectivity index (χ3n) is 7.33. The van der Waals surface area contributed by atoms with Crippen LogP contribution in [0.3, 0.4) is 0 Å². The second kappa shape index (κ2) is 11.4. The maximum absolute atomic E-state index is 14.1. The summed E-state index contributed by atoms with van der Waals surface area (Å²) in [6, 6.07) is 8.79. The number of benzene rings is 1. The molecule has 1 saturated heterocycles. The van der Waals surface area contributed by atoms with Crippen LogP contribution in [0, 0.1) is 5.92 Å². The standard InChI is InChI=1S/C27H35F2N7O3/c1-27(2,38)25(37)31-18-9-7-17(8-10-18)16-30-26-33-21(35-11-13-39-14-12-35)15-22(34-26)36-20-6-4-3-5-19(20)32-24(36)23(28)29/h3-6,15,17-18,23,38H,7-14,16H2,1-2H3,(H,31,37)(H,30,33,34). The lowest BCUT2D eigenvalue weighted by Crippen LogP contribution is -2.47. The highest BCUT2D eigenvalue weighted by molar-refractivity contribution is 5.84. The van der Waals surface area contributed by atoms with Gasteiger partial charge in [-0.1, -0.05) is 12.1 Å². The molecule has 0 atom stereocenters. The van der Waals surface area contributed by atoms with Crippen LogP contribution in [0.5, 0.6) is 0 Å². The minimum Gasteiger partial charge on any atom is -0.381 e. The average Bonchev–Trinajstić information content (AvgIpc) is 3.33. The number of nitrogens with one attached hydrogen (secondary N) is 2. The molecule has 0 bridgehead atoms. The summed E-state index contributed by atoms with van der Waals surface area (Å²) in [6.07, 6.45) is 0.630. The van der Waals surface area contributed by atoms with Gasteiger partial charge in [-0.25, -0.2) is 13.8 Å². The van der Waals surface area contributed by atoms with E-state index in [0.717, 1.165) is 25.7 Å². The van der Waals surface area contributed by atoms with E-state index < -0.39 is 12.0 Å². The fourth-order valence-corrected chi connectivity index (χ4v) is 5.11. The van der Waals surface area contributed by atoms with Crippen molar-refractivity contribution in [2.24, 2.45) is 5.92 Å². The van der Waals surface area contributed by atoms with Crippen molar-refractivity contribution in [1.82, 2.24) is 24.8 Å². The van der Waals surface area contributed by atoms with E-state index in [1.807, 2.05) is 0 Å². The van der Waals surface area contributed by atoms with Gasteiger partial charge < -0.3 is 25.4 Å². The number of imidazole rings is 1. The maximum atomic E-state index is 14.1. The Morgan fingerprint density at radius 3 is 2.49 bits per heavy atom. The number of alkyl halides is 2. The third kappa shape index (κ3) is 6.27. The molecule has 3 aromatic rings. The monoisotopic (exact) mass is 543 g/mol. The van der Waals surface area contributed by atoms with Crippen LogP contribution in [0.25, 0.3) is 16.9 Å². The number of anilines is 2. The zero-order chi connectivity index (χ0) is 27.6. The Hall–Kier alpha value is -3.38. The van der Waals surface area contributed by atoms with Gasteiger partial charge in [0, 0.05) is 31.7 Å². The van der Waals surface area contributed by atoms with Crippen molar-refractivity contribution in [2.75, 3.05) is 43.1 Å². The molecular formula is C27H35F2N7O3. The predicted molar refractivity (Wildman–Crippen MR) is 143 cm³/mol. The highest BCUT2D eigenvalue weighted by Crippen LogP contribution is 2.30. The first kappa shape index (κ1) is 27.2. The first-order chi connectivity index (χ1) is 18.7. The molecule has 210 valence electrons. The molecule has 1 aliphatic carbocycles. The van der Waals surface area contributed by atoms with Crippen LogP contribution in [0.1, 0.15) is 51.8 Å². The van der Waals surface area contributed by atoms with Gasteiger partial charge in [-0.05, 0) is 57.6 Å². The number of amides is 1. The van der Waals surface area contributed by atoms with E-state index >= 15 is 0 Å². The lowest BCUT2D eigenvalue weighted by atomic mass is 9.85. The normalized spacial score (nSPS) is 20.4. The second-order valence-corrected chi connectivity index (χ2v) is 10.7. The summed E-state index contributed by atoms with van der Waals surface area (Å²) < 4.78 is 35.0. The molecule has 3 N–H and O–H groups in total. The lowest BCUT2D eigenvalue weighted by molar-refractivity contribution is -0.137. The number of aliphatic hydroxyl groups is 1. The van der Waals surface area contributed by atoms with Crippen molar-refractivity contribution < 1.29 is 23.4 Å². The Kier molecular flexibility index (Phi) is 7.94. The van der Waals surface area contributed by atoms with Crippen molar-refractivity contribution in [3.8, 4) is 5.82 Å². The number of morpholine rings is 1. The van der Waals surface area contributed by atoms with E-state index in [2.05, 4.69) is 25.5 Å². The number of hydrogen-bond donors (Lipinski definition) is 3. The maximum Gasteiger partial charge on any atom is 0.296 e. The number of rotatable bonds is 8. The second-order valence-electron chi connectivity index (χ2n) is 10.7.